The molecule has 0 N–H and O–H groups in total. The Balaban J connectivity index is 1.70. The van der Waals surface area contributed by atoms with Gasteiger partial charge in [0.05, 0.1) is 6.10 Å². The summed E-state index contributed by atoms with van der Waals surface area (Å²) in [6.45, 7) is 1.86. The van der Waals surface area contributed by atoms with E-state index in [4.69, 9.17) is 21.1 Å². The molecule has 0 aliphatic heterocycles. The van der Waals surface area contributed by atoms with Crippen molar-refractivity contribution < 1.29 is 14.3 Å². The second-order valence-corrected chi connectivity index (χ2v) is 7.33. The SMILES string of the molecule is CN(C)CCCOC1CCC(N(C)C(=O)Oc2ccc(Cl)cc2)CC1. The number of nitrogens with zero attached hydrogens (tertiary/aromatic N) is 2. The van der Waals surface area contributed by atoms with Crippen molar-refractivity contribution in [2.24, 2.45) is 0 Å². The summed E-state index contributed by atoms with van der Waals surface area (Å²) in [4.78, 5) is 16.2. The van der Waals surface area contributed by atoms with Gasteiger partial charge in [-0.1, -0.05) is 11.6 Å². The molecule has 1 aromatic rings. The Kier molecular flexibility index (Phi) is 8.00. The van der Waals surface area contributed by atoms with Gasteiger partial charge < -0.3 is 19.3 Å². The van der Waals surface area contributed by atoms with Crippen molar-refractivity contribution in [3.8, 4) is 5.75 Å². The third-order valence-corrected chi connectivity index (χ3v) is 4.85. The number of rotatable bonds is 7. The van der Waals surface area contributed by atoms with Crippen LogP contribution < -0.4 is 4.74 Å². The monoisotopic (exact) mass is 368 g/mol. The molecule has 1 saturated carbocycles. The molecule has 0 saturated heterocycles. The quantitative estimate of drug-likeness (QED) is 0.681. The van der Waals surface area contributed by atoms with Crippen LogP contribution in [0.2, 0.25) is 5.02 Å². The molecule has 25 heavy (non-hydrogen) atoms. The lowest BCUT2D eigenvalue weighted by Gasteiger charge is -2.34. The van der Waals surface area contributed by atoms with Gasteiger partial charge >= 0.3 is 6.09 Å². The first-order chi connectivity index (χ1) is 12.0. The third kappa shape index (κ3) is 6.84. The second-order valence-electron chi connectivity index (χ2n) is 6.89. The maximum absolute atomic E-state index is 12.3. The fraction of sp³-hybridized carbons (Fsp3) is 0.632. The topological polar surface area (TPSA) is 42.0 Å². The molecule has 1 fully saturated rings. The molecule has 0 radical (unpaired) electrons. The normalized spacial score (nSPS) is 20.5. The average molecular weight is 369 g/mol. The van der Waals surface area contributed by atoms with E-state index in [-0.39, 0.29) is 12.1 Å². The van der Waals surface area contributed by atoms with Crippen LogP contribution in [0.3, 0.4) is 0 Å². The molecule has 1 aliphatic rings. The van der Waals surface area contributed by atoms with Crippen LogP contribution in [0.4, 0.5) is 4.79 Å². The van der Waals surface area contributed by atoms with E-state index >= 15 is 0 Å². The van der Waals surface area contributed by atoms with E-state index in [9.17, 15) is 4.79 Å². The Morgan fingerprint density at radius 1 is 1.12 bits per heavy atom. The molecule has 140 valence electrons. The average Bonchev–Trinajstić information content (AvgIpc) is 2.60. The van der Waals surface area contributed by atoms with E-state index in [0.717, 1.165) is 45.3 Å². The predicted molar refractivity (Wildman–Crippen MR) is 100 cm³/mol. The van der Waals surface area contributed by atoms with Gasteiger partial charge in [-0.2, -0.15) is 0 Å². The van der Waals surface area contributed by atoms with Crippen LogP contribution in [0, 0.1) is 0 Å². The molecule has 2 rings (SSSR count). The Morgan fingerprint density at radius 3 is 2.36 bits per heavy atom. The van der Waals surface area contributed by atoms with Gasteiger partial charge in [0.2, 0.25) is 0 Å². The standard InChI is InChI=1S/C19H29ClN2O3/c1-21(2)13-4-14-24-17-11-7-16(8-12-17)22(3)19(23)25-18-9-5-15(20)6-10-18/h5-6,9-10,16-17H,4,7-8,11-14H2,1-3H3. The molecule has 5 nitrogen and oxygen atoms in total. The molecule has 0 bridgehead atoms. The van der Waals surface area contributed by atoms with Crippen LogP contribution in [-0.4, -0.2) is 62.3 Å². The molecule has 6 heteroatoms. The summed E-state index contributed by atoms with van der Waals surface area (Å²) in [7, 11) is 5.95. The fourth-order valence-corrected chi connectivity index (χ4v) is 3.18. The Bertz CT molecular complexity index is 528. The van der Waals surface area contributed by atoms with Gasteiger partial charge in [-0.05, 0) is 77.0 Å². The molecule has 0 aromatic heterocycles. The lowest BCUT2D eigenvalue weighted by atomic mass is 9.92. The highest BCUT2D eigenvalue weighted by atomic mass is 35.5. The molecule has 0 spiro atoms. The Hall–Kier alpha value is -1.30. The first kappa shape index (κ1) is 20.0. The van der Waals surface area contributed by atoms with Crippen molar-refractivity contribution in [3.63, 3.8) is 0 Å². The van der Waals surface area contributed by atoms with Crippen molar-refractivity contribution in [1.29, 1.82) is 0 Å². The van der Waals surface area contributed by atoms with Crippen molar-refractivity contribution in [2.75, 3.05) is 34.3 Å². The minimum atomic E-state index is -0.322. The Labute approximate surface area is 155 Å². The number of halogens is 1. The summed E-state index contributed by atoms with van der Waals surface area (Å²) in [5.41, 5.74) is 0. The smallest absolute Gasteiger partial charge is 0.410 e. The highest BCUT2D eigenvalue weighted by molar-refractivity contribution is 6.30. The Morgan fingerprint density at radius 2 is 1.76 bits per heavy atom. The second kappa shape index (κ2) is 10.00. The molecular formula is C19H29ClN2O3. The molecule has 1 aromatic carbocycles. The molecule has 0 unspecified atom stereocenters. The van der Waals surface area contributed by atoms with Gasteiger partial charge in [0.25, 0.3) is 0 Å². The van der Waals surface area contributed by atoms with E-state index in [0.29, 0.717) is 16.9 Å². The van der Waals surface area contributed by atoms with E-state index in [1.54, 1.807) is 36.2 Å². The van der Waals surface area contributed by atoms with E-state index in [1.165, 1.54) is 0 Å². The number of carbonyl (C=O) groups is 1. The van der Waals surface area contributed by atoms with Gasteiger partial charge in [-0.25, -0.2) is 4.79 Å². The number of hydrogen-bond acceptors (Lipinski definition) is 4. The zero-order valence-electron chi connectivity index (χ0n) is 15.4. The largest absolute Gasteiger partial charge is 0.415 e. The minimum absolute atomic E-state index is 0.210. The number of amides is 1. The van der Waals surface area contributed by atoms with Crippen LogP contribution in [0.1, 0.15) is 32.1 Å². The van der Waals surface area contributed by atoms with Crippen LogP contribution in [-0.2, 0) is 4.74 Å². The zero-order chi connectivity index (χ0) is 18.2. The van der Waals surface area contributed by atoms with Gasteiger partial charge in [-0.3, -0.25) is 0 Å². The highest BCUT2D eigenvalue weighted by Gasteiger charge is 2.27. The van der Waals surface area contributed by atoms with Crippen molar-refractivity contribution in [3.05, 3.63) is 29.3 Å². The summed E-state index contributed by atoms with van der Waals surface area (Å²) in [6, 6.07) is 7.03. The molecular weight excluding hydrogens is 340 g/mol. The lowest BCUT2D eigenvalue weighted by Crippen LogP contribution is -2.42. The van der Waals surface area contributed by atoms with Gasteiger partial charge in [0.1, 0.15) is 5.75 Å². The number of ether oxygens (including phenoxy) is 2. The predicted octanol–water partition coefficient (Wildman–Crippen LogP) is 4.05. The molecule has 0 heterocycles. The number of carbonyl (C=O) groups excluding carboxylic acids is 1. The van der Waals surface area contributed by atoms with Crippen molar-refractivity contribution in [2.45, 2.75) is 44.2 Å². The lowest BCUT2D eigenvalue weighted by molar-refractivity contribution is 0.00949. The van der Waals surface area contributed by atoms with Crippen LogP contribution in [0.15, 0.2) is 24.3 Å². The van der Waals surface area contributed by atoms with E-state index in [2.05, 4.69) is 19.0 Å². The van der Waals surface area contributed by atoms with Gasteiger partial charge in [0, 0.05) is 24.7 Å². The van der Waals surface area contributed by atoms with E-state index in [1.807, 2.05) is 0 Å². The van der Waals surface area contributed by atoms with Crippen molar-refractivity contribution >= 4 is 17.7 Å². The molecule has 1 aliphatic carbocycles. The van der Waals surface area contributed by atoms with E-state index < -0.39 is 0 Å². The first-order valence-electron chi connectivity index (χ1n) is 8.92. The molecule has 1 amide bonds. The number of hydrogen-bond donors (Lipinski definition) is 0. The summed E-state index contributed by atoms with van der Waals surface area (Å²) in [6.07, 6.45) is 4.93. The highest BCUT2D eigenvalue weighted by Crippen LogP contribution is 2.25. The first-order valence-corrected chi connectivity index (χ1v) is 9.30. The van der Waals surface area contributed by atoms with Crippen LogP contribution in [0.5, 0.6) is 5.75 Å². The maximum atomic E-state index is 12.3. The van der Waals surface area contributed by atoms with Crippen molar-refractivity contribution in [1.82, 2.24) is 9.80 Å². The molecule has 0 atom stereocenters. The van der Waals surface area contributed by atoms with Gasteiger partial charge in [0.15, 0.2) is 0 Å². The third-order valence-electron chi connectivity index (χ3n) is 4.60. The zero-order valence-corrected chi connectivity index (χ0v) is 16.2. The summed E-state index contributed by atoms with van der Waals surface area (Å²) < 4.78 is 11.4. The summed E-state index contributed by atoms with van der Waals surface area (Å²) in [5.74, 6) is 0.513. The summed E-state index contributed by atoms with van der Waals surface area (Å²) >= 11 is 5.84. The minimum Gasteiger partial charge on any atom is -0.410 e. The number of benzene rings is 1. The fourth-order valence-electron chi connectivity index (χ4n) is 3.05. The van der Waals surface area contributed by atoms with Crippen LogP contribution in [0.25, 0.3) is 0 Å². The van der Waals surface area contributed by atoms with Crippen LogP contribution >= 0.6 is 11.6 Å². The maximum Gasteiger partial charge on any atom is 0.415 e. The van der Waals surface area contributed by atoms with Gasteiger partial charge in [-0.15, -0.1) is 0 Å². The summed E-state index contributed by atoms with van der Waals surface area (Å²) in [5, 5.41) is 0.622.